The van der Waals surface area contributed by atoms with Crippen LogP contribution in [-0.4, -0.2) is 15.4 Å². The van der Waals surface area contributed by atoms with Crippen LogP contribution in [0.2, 0.25) is 0 Å². The van der Waals surface area contributed by atoms with Gasteiger partial charge in [-0.1, -0.05) is 0 Å². The van der Waals surface area contributed by atoms with Crippen LogP contribution in [0.25, 0.3) is 0 Å². The maximum Gasteiger partial charge on any atom is 0.249 e. The summed E-state index contributed by atoms with van der Waals surface area (Å²) in [5.74, 6) is 0. The molecule has 0 spiro atoms. The highest BCUT2D eigenvalue weighted by molar-refractivity contribution is 7.84. The molecule has 0 aliphatic carbocycles. The van der Waals surface area contributed by atoms with Crippen molar-refractivity contribution in [2.24, 2.45) is 0 Å². The monoisotopic (exact) mass is 157 g/mol. The van der Waals surface area contributed by atoms with Crippen molar-refractivity contribution in [1.29, 1.82) is 0 Å². The van der Waals surface area contributed by atoms with E-state index in [-0.39, 0.29) is 5.56 Å². The summed E-state index contributed by atoms with van der Waals surface area (Å²) in [6.45, 7) is 0. The van der Waals surface area contributed by atoms with Crippen LogP contribution in [-0.2, 0) is 10.8 Å². The first-order chi connectivity index (χ1) is 4.70. The zero-order valence-electron chi connectivity index (χ0n) is 5.46. The average Bonchev–Trinajstić information content (AvgIpc) is 1.88. The fourth-order valence-corrected chi connectivity index (χ4v) is 1.14. The highest BCUT2D eigenvalue weighted by Gasteiger charge is 1.94. The van der Waals surface area contributed by atoms with Crippen molar-refractivity contribution in [3.8, 4) is 0 Å². The van der Waals surface area contributed by atoms with Gasteiger partial charge >= 0.3 is 0 Å². The summed E-state index contributed by atoms with van der Waals surface area (Å²) in [5, 5.41) is 0. The lowest BCUT2D eigenvalue weighted by Crippen LogP contribution is -2.04. The standard InChI is InChI=1S/C6H7NO2S/c1-10(9)5-2-3-7-6(8)4-5/h2-4H,1H3,(H,7,8). The van der Waals surface area contributed by atoms with E-state index in [1.807, 2.05) is 0 Å². The Morgan fingerprint density at radius 3 is 2.70 bits per heavy atom. The minimum atomic E-state index is -1.06. The molecule has 0 saturated carbocycles. The maximum atomic E-state index is 10.8. The first-order valence-corrected chi connectivity index (χ1v) is 4.28. The van der Waals surface area contributed by atoms with Crippen LogP contribution in [0, 0.1) is 0 Å². The van der Waals surface area contributed by atoms with Gasteiger partial charge in [-0.05, 0) is 6.07 Å². The largest absolute Gasteiger partial charge is 0.329 e. The second-order valence-corrected chi connectivity index (χ2v) is 3.22. The van der Waals surface area contributed by atoms with Crippen molar-refractivity contribution in [3.63, 3.8) is 0 Å². The number of hydrogen-bond acceptors (Lipinski definition) is 2. The molecule has 1 N–H and O–H groups in total. The van der Waals surface area contributed by atoms with E-state index in [1.54, 1.807) is 6.07 Å². The first-order valence-electron chi connectivity index (χ1n) is 2.72. The molecular formula is C6H7NO2S. The van der Waals surface area contributed by atoms with Crippen LogP contribution in [0.5, 0.6) is 0 Å². The van der Waals surface area contributed by atoms with Gasteiger partial charge in [0.25, 0.3) is 0 Å². The Morgan fingerprint density at radius 2 is 2.30 bits per heavy atom. The predicted octanol–water partition coefficient (Wildman–Crippen LogP) is 0.112. The Kier molecular flexibility index (Phi) is 2.01. The zero-order chi connectivity index (χ0) is 7.56. The van der Waals surface area contributed by atoms with Gasteiger partial charge in [-0.3, -0.25) is 9.00 Å². The summed E-state index contributed by atoms with van der Waals surface area (Å²) in [6, 6.07) is 2.95. The normalized spacial score (nSPS) is 12.9. The van der Waals surface area contributed by atoms with E-state index in [9.17, 15) is 9.00 Å². The molecule has 1 heterocycles. The van der Waals surface area contributed by atoms with Crippen LogP contribution in [0.4, 0.5) is 0 Å². The van der Waals surface area contributed by atoms with Gasteiger partial charge in [0, 0.05) is 23.4 Å². The Morgan fingerprint density at radius 1 is 1.60 bits per heavy atom. The van der Waals surface area contributed by atoms with E-state index in [1.165, 1.54) is 18.5 Å². The first kappa shape index (κ1) is 7.21. The molecule has 0 aromatic carbocycles. The molecule has 0 fully saturated rings. The molecule has 0 saturated heterocycles. The highest BCUT2D eigenvalue weighted by atomic mass is 32.2. The molecule has 1 aromatic rings. The quantitative estimate of drug-likeness (QED) is 0.629. The molecule has 1 unspecified atom stereocenters. The lowest BCUT2D eigenvalue weighted by atomic mass is 10.5. The highest BCUT2D eigenvalue weighted by Crippen LogP contribution is 1.96. The summed E-state index contributed by atoms with van der Waals surface area (Å²) >= 11 is 0. The van der Waals surface area contributed by atoms with E-state index in [2.05, 4.69) is 4.98 Å². The van der Waals surface area contributed by atoms with Gasteiger partial charge in [-0.25, -0.2) is 0 Å². The number of hydrogen-bond donors (Lipinski definition) is 1. The zero-order valence-corrected chi connectivity index (χ0v) is 6.27. The van der Waals surface area contributed by atoms with Crippen LogP contribution < -0.4 is 5.56 Å². The second kappa shape index (κ2) is 2.79. The number of H-pyrrole nitrogens is 1. The fraction of sp³-hybridized carbons (Fsp3) is 0.167. The molecule has 0 aliphatic heterocycles. The summed E-state index contributed by atoms with van der Waals surface area (Å²) in [4.78, 5) is 13.6. The molecule has 1 rings (SSSR count). The van der Waals surface area contributed by atoms with Crippen molar-refractivity contribution in [3.05, 3.63) is 28.7 Å². The maximum absolute atomic E-state index is 10.8. The Bertz CT molecular complexity index is 305. The summed E-state index contributed by atoms with van der Waals surface area (Å²) < 4.78 is 10.8. The van der Waals surface area contributed by atoms with E-state index in [0.717, 1.165) is 0 Å². The minimum Gasteiger partial charge on any atom is -0.329 e. The number of pyridine rings is 1. The molecule has 54 valence electrons. The fourth-order valence-electron chi connectivity index (χ4n) is 0.604. The molecule has 1 atom stereocenters. The van der Waals surface area contributed by atoms with E-state index >= 15 is 0 Å². The number of rotatable bonds is 1. The van der Waals surface area contributed by atoms with Crippen molar-refractivity contribution in [2.75, 3.05) is 6.26 Å². The lowest BCUT2D eigenvalue weighted by Gasteiger charge is -1.90. The SMILES string of the molecule is CS(=O)c1cc[nH]c(=O)c1. The van der Waals surface area contributed by atoms with Crippen LogP contribution in [0.3, 0.4) is 0 Å². The van der Waals surface area contributed by atoms with Gasteiger partial charge in [0.15, 0.2) is 0 Å². The summed E-state index contributed by atoms with van der Waals surface area (Å²) in [5.41, 5.74) is -0.215. The summed E-state index contributed by atoms with van der Waals surface area (Å²) in [7, 11) is -1.06. The molecule has 3 nitrogen and oxygen atoms in total. The van der Waals surface area contributed by atoms with Crippen molar-refractivity contribution in [2.45, 2.75) is 4.90 Å². The molecule has 0 amide bonds. The number of aromatic amines is 1. The van der Waals surface area contributed by atoms with Gasteiger partial charge < -0.3 is 4.98 Å². The van der Waals surface area contributed by atoms with Gasteiger partial charge in [-0.2, -0.15) is 0 Å². The average molecular weight is 157 g/mol. The topological polar surface area (TPSA) is 49.9 Å². The van der Waals surface area contributed by atoms with Gasteiger partial charge in [0.2, 0.25) is 5.56 Å². The van der Waals surface area contributed by atoms with Crippen molar-refractivity contribution >= 4 is 10.8 Å². The number of aromatic nitrogens is 1. The lowest BCUT2D eigenvalue weighted by molar-refractivity contribution is 0.686. The Labute approximate surface area is 60.6 Å². The van der Waals surface area contributed by atoms with E-state index < -0.39 is 10.8 Å². The molecule has 4 heteroatoms. The van der Waals surface area contributed by atoms with Crippen LogP contribution in [0.15, 0.2) is 28.0 Å². The van der Waals surface area contributed by atoms with Gasteiger partial charge in [0.1, 0.15) is 0 Å². The Hall–Kier alpha value is -0.900. The molecule has 0 aliphatic rings. The van der Waals surface area contributed by atoms with Crippen LogP contribution in [0.1, 0.15) is 0 Å². The van der Waals surface area contributed by atoms with Crippen LogP contribution >= 0.6 is 0 Å². The van der Waals surface area contributed by atoms with Crippen molar-refractivity contribution in [1.82, 2.24) is 4.98 Å². The van der Waals surface area contributed by atoms with E-state index in [4.69, 9.17) is 0 Å². The summed E-state index contributed by atoms with van der Waals surface area (Å²) in [6.07, 6.45) is 3.02. The third-order valence-electron chi connectivity index (χ3n) is 1.08. The number of nitrogens with one attached hydrogen (secondary N) is 1. The van der Waals surface area contributed by atoms with Gasteiger partial charge in [-0.15, -0.1) is 0 Å². The predicted molar refractivity (Wildman–Crippen MR) is 39.4 cm³/mol. The molecule has 0 bridgehead atoms. The second-order valence-electron chi connectivity index (χ2n) is 1.84. The minimum absolute atomic E-state index is 0.215. The van der Waals surface area contributed by atoms with Crippen molar-refractivity contribution < 1.29 is 4.21 Å². The molecule has 1 aromatic heterocycles. The third-order valence-corrected chi connectivity index (χ3v) is 2.00. The molecule has 0 radical (unpaired) electrons. The van der Waals surface area contributed by atoms with E-state index in [0.29, 0.717) is 4.90 Å². The third kappa shape index (κ3) is 1.54. The Balaban J connectivity index is 3.20. The van der Waals surface area contributed by atoms with Gasteiger partial charge in [0.05, 0.1) is 10.8 Å². The molecular weight excluding hydrogens is 150 g/mol. The smallest absolute Gasteiger partial charge is 0.249 e. The molecule has 10 heavy (non-hydrogen) atoms.